The Morgan fingerprint density at radius 1 is 0.651 bits per heavy atom. The summed E-state index contributed by atoms with van der Waals surface area (Å²) in [7, 11) is -1.79. The molecule has 1 aliphatic heterocycles. The van der Waals surface area contributed by atoms with E-state index in [9.17, 15) is 5.21 Å². The zero-order valence-corrected chi connectivity index (χ0v) is 30.8. The van der Waals surface area contributed by atoms with Gasteiger partial charge in [0.25, 0.3) is 0 Å². The molecule has 6 heteroatoms. The van der Waals surface area contributed by atoms with Crippen LogP contribution in [0.5, 0.6) is 0 Å². The van der Waals surface area contributed by atoms with Crippen LogP contribution < -0.4 is 4.52 Å². The fourth-order valence-corrected chi connectivity index (χ4v) is 7.63. The maximum atomic E-state index is 10.9. The smallest absolute Gasteiger partial charge is 0.387 e. The summed E-state index contributed by atoms with van der Waals surface area (Å²) in [5.41, 5.74) is 5.25. The number of hydrogen-bond donors (Lipinski definition) is 1. The van der Waals surface area contributed by atoms with Gasteiger partial charge in [-0.3, -0.25) is 4.52 Å². The van der Waals surface area contributed by atoms with Gasteiger partial charge in [0.1, 0.15) is 11.2 Å². The minimum Gasteiger partial charge on any atom is -0.399 e. The minimum absolute atomic E-state index is 0.0481. The molecule has 2 heterocycles. The van der Waals surface area contributed by atoms with E-state index in [1.165, 1.54) is 16.2 Å². The van der Waals surface area contributed by atoms with Crippen LogP contribution in [0.25, 0.3) is 21.9 Å². The molecule has 3 aromatic rings. The molecule has 0 bridgehead atoms. The lowest BCUT2D eigenvalue weighted by Crippen LogP contribution is -2.60. The van der Waals surface area contributed by atoms with Crippen LogP contribution in [0, 0.1) is 0 Å². The van der Waals surface area contributed by atoms with Crippen molar-refractivity contribution in [1.29, 1.82) is 0 Å². The highest BCUT2D eigenvalue weighted by Gasteiger charge is 2.46. The molecular weight excluding hydrogens is 553 g/mol. The molecule has 0 radical (unpaired) electrons. The summed E-state index contributed by atoms with van der Waals surface area (Å²) in [6.07, 6.45) is 1.20. The molecule has 0 saturated carbocycles. The average molecular weight is 612 g/mol. The number of piperidine rings is 1. The van der Waals surface area contributed by atoms with Crippen molar-refractivity contribution in [2.24, 2.45) is 0 Å². The van der Waals surface area contributed by atoms with Gasteiger partial charge >= 0.3 is 8.24 Å². The van der Waals surface area contributed by atoms with E-state index < -0.39 is 19.3 Å². The fourth-order valence-electron chi connectivity index (χ4n) is 6.42. The molecule has 1 aliphatic rings. The first kappa shape index (κ1) is 34.1. The maximum Gasteiger partial charge on any atom is 0.387 e. The van der Waals surface area contributed by atoms with Gasteiger partial charge in [0.05, 0.1) is 6.10 Å². The number of nitrogens with zero attached hydrogens (tertiary/aromatic N) is 1. The summed E-state index contributed by atoms with van der Waals surface area (Å²) >= 11 is 0. The van der Waals surface area contributed by atoms with Gasteiger partial charge < -0.3 is 13.6 Å². The van der Waals surface area contributed by atoms with Crippen LogP contribution in [-0.2, 0) is 21.7 Å². The minimum atomic E-state index is -1.79. The molecule has 43 heavy (non-hydrogen) atoms. The lowest BCUT2D eigenvalue weighted by atomic mass is 9.77. The molecule has 4 rings (SSSR count). The van der Waals surface area contributed by atoms with Crippen LogP contribution in [0.15, 0.2) is 32.7 Å². The molecule has 0 amide bonds. The Bertz CT molecular complexity index is 1440. The third-order valence-corrected chi connectivity index (χ3v) is 10.1. The number of rotatable bonds is 2. The van der Waals surface area contributed by atoms with E-state index in [-0.39, 0.29) is 27.8 Å². The van der Waals surface area contributed by atoms with Gasteiger partial charge in [0, 0.05) is 33.0 Å². The summed E-state index contributed by atoms with van der Waals surface area (Å²) in [4.78, 5) is 0. The predicted octanol–water partition coefficient (Wildman–Crippen LogP) is 11.3. The molecule has 2 aromatic carbocycles. The second kappa shape index (κ2) is 10.6. The van der Waals surface area contributed by atoms with Crippen molar-refractivity contribution < 1.29 is 18.1 Å². The lowest BCUT2D eigenvalue weighted by Gasteiger charge is -2.50. The number of hydrogen-bond acceptors (Lipinski definition) is 5. The SMILES string of the molecule is CC(C)(C)c1cc(C(C)(C)C)c2op(OC3CC(C)(C)N(O)C(C)(C)C3)oc3c(C(C)(C)C)cc(C(C)(C)C)cc3c2c1. The van der Waals surface area contributed by atoms with Crippen molar-refractivity contribution in [1.82, 2.24) is 5.06 Å². The first-order valence-electron chi connectivity index (χ1n) is 15.9. The quantitative estimate of drug-likeness (QED) is 0.312. The zero-order valence-electron chi connectivity index (χ0n) is 29.9. The Hall–Kier alpha value is -1.78. The topological polar surface area (TPSA) is 59.0 Å². The Kier molecular flexibility index (Phi) is 8.45. The van der Waals surface area contributed by atoms with E-state index in [1.807, 2.05) is 0 Å². The molecule has 1 N–H and O–H groups in total. The molecule has 0 spiro atoms. The summed E-state index contributed by atoms with van der Waals surface area (Å²) < 4.78 is 20.8. The molecular formula is C37H58NO4P. The van der Waals surface area contributed by atoms with Crippen molar-refractivity contribution in [3.63, 3.8) is 0 Å². The van der Waals surface area contributed by atoms with Crippen molar-refractivity contribution in [3.8, 4) is 0 Å². The second-order valence-corrected chi connectivity index (χ2v) is 19.3. The van der Waals surface area contributed by atoms with E-state index in [1.54, 1.807) is 0 Å². The molecule has 0 aliphatic carbocycles. The molecule has 240 valence electrons. The number of benzene rings is 2. The largest absolute Gasteiger partial charge is 0.399 e. The second-order valence-electron chi connectivity index (χ2n) is 18.3. The Morgan fingerprint density at radius 2 is 1.00 bits per heavy atom. The van der Waals surface area contributed by atoms with Gasteiger partial charge in [0.2, 0.25) is 0 Å². The van der Waals surface area contributed by atoms with Crippen molar-refractivity contribution in [2.45, 2.75) is 162 Å². The molecule has 1 fully saturated rings. The highest BCUT2D eigenvalue weighted by Crippen LogP contribution is 2.47. The highest BCUT2D eigenvalue weighted by atomic mass is 31.1. The van der Waals surface area contributed by atoms with Crippen molar-refractivity contribution >= 4 is 30.2 Å². The first-order chi connectivity index (χ1) is 19.2. The number of hydroxylamine groups is 2. The third kappa shape index (κ3) is 6.91. The van der Waals surface area contributed by atoms with Crippen LogP contribution >= 0.6 is 8.24 Å². The van der Waals surface area contributed by atoms with Crippen molar-refractivity contribution in [2.75, 3.05) is 0 Å². The van der Waals surface area contributed by atoms with Gasteiger partial charge in [-0.25, -0.2) is 0 Å². The monoisotopic (exact) mass is 611 g/mol. The molecule has 0 unspecified atom stereocenters. The lowest BCUT2D eigenvalue weighted by molar-refractivity contribution is -0.252. The third-order valence-electron chi connectivity index (χ3n) is 8.98. The van der Waals surface area contributed by atoms with E-state index >= 15 is 0 Å². The first-order valence-corrected chi connectivity index (χ1v) is 17.0. The normalized spacial score (nSPS) is 18.9. The van der Waals surface area contributed by atoms with Crippen LogP contribution in [0.4, 0.5) is 0 Å². The summed E-state index contributed by atoms with van der Waals surface area (Å²) in [6, 6.07) is 9.29. The fraction of sp³-hybridized carbons (Fsp3) is 0.676. The Morgan fingerprint density at radius 3 is 1.30 bits per heavy atom. The van der Waals surface area contributed by atoms with E-state index in [0.29, 0.717) is 12.8 Å². The molecule has 1 aromatic heterocycles. The van der Waals surface area contributed by atoms with Gasteiger partial charge in [-0.05, 0) is 85.5 Å². The van der Waals surface area contributed by atoms with Gasteiger partial charge in [-0.15, -0.1) is 0 Å². The molecule has 0 atom stereocenters. The van der Waals surface area contributed by atoms with Crippen LogP contribution in [-0.4, -0.2) is 27.5 Å². The average Bonchev–Trinajstić information content (AvgIpc) is 2.94. The number of fused-ring (bicyclic) bond motifs is 3. The Balaban J connectivity index is 2.19. The summed E-state index contributed by atoms with van der Waals surface area (Å²) in [5, 5.41) is 14.6. The highest BCUT2D eigenvalue weighted by molar-refractivity contribution is 7.31. The summed E-state index contributed by atoms with van der Waals surface area (Å²) in [6.45, 7) is 35.4. The van der Waals surface area contributed by atoms with Crippen molar-refractivity contribution in [3.05, 3.63) is 46.5 Å². The molecule has 5 nitrogen and oxygen atoms in total. The predicted molar refractivity (Wildman–Crippen MR) is 183 cm³/mol. The standard InChI is InChI=1S/C37H58NO4P/c1-32(2,3)23-17-26-27-18-24(33(4,5)6)20-29(35(10,11)12)31(27)42-43(41-30(26)28(19-23)34(7,8)9)40-25-21-36(13,14)38(39)37(15,16)22-25/h17-20,25,39H,21-22H2,1-16H3. The van der Waals surface area contributed by atoms with Gasteiger partial charge in [-0.2, -0.15) is 5.06 Å². The van der Waals surface area contributed by atoms with E-state index in [0.717, 1.165) is 33.1 Å². The van der Waals surface area contributed by atoms with Gasteiger partial charge in [-0.1, -0.05) is 95.2 Å². The summed E-state index contributed by atoms with van der Waals surface area (Å²) in [5.74, 6) is 0. The van der Waals surface area contributed by atoms with Gasteiger partial charge in [0.15, 0.2) is 0 Å². The van der Waals surface area contributed by atoms with Crippen LogP contribution in [0.1, 0.15) is 146 Å². The van der Waals surface area contributed by atoms with Crippen LogP contribution in [0.3, 0.4) is 0 Å². The van der Waals surface area contributed by atoms with E-state index in [2.05, 4.69) is 135 Å². The van der Waals surface area contributed by atoms with E-state index in [4.69, 9.17) is 12.9 Å². The Labute approximate surface area is 262 Å². The van der Waals surface area contributed by atoms with Crippen LogP contribution in [0.2, 0.25) is 0 Å². The molecule has 1 saturated heterocycles. The maximum absolute atomic E-state index is 10.9. The zero-order chi connectivity index (χ0) is 32.7.